The molecule has 0 radical (unpaired) electrons. The van der Waals surface area contributed by atoms with E-state index in [0.717, 1.165) is 45.4 Å². The molecule has 5 saturated carbocycles. The molecule has 7 nitrogen and oxygen atoms in total. The first-order valence-corrected chi connectivity index (χ1v) is 17.2. The van der Waals surface area contributed by atoms with Gasteiger partial charge in [0.05, 0.1) is 36.6 Å². The lowest BCUT2D eigenvalue weighted by Gasteiger charge is -2.64. The molecule has 2 saturated heterocycles. The Morgan fingerprint density at radius 3 is 2.38 bits per heavy atom. The molecule has 2 heterocycles. The molecule has 3 N–H and O–H groups in total. The third-order valence-electron chi connectivity index (χ3n) is 15.4. The molecule has 14 atom stereocenters. The Bertz CT molecular complexity index is 1080. The highest BCUT2D eigenvalue weighted by Gasteiger charge is 2.84. The van der Waals surface area contributed by atoms with E-state index in [9.17, 15) is 15.3 Å². The molecule has 14 unspecified atom stereocenters. The van der Waals surface area contributed by atoms with Crippen molar-refractivity contribution in [3.05, 3.63) is 0 Å². The van der Waals surface area contributed by atoms with Crippen LogP contribution < -0.4 is 0 Å². The number of hydrogen-bond donors (Lipinski definition) is 3. The van der Waals surface area contributed by atoms with E-state index in [2.05, 4.69) is 46.6 Å². The molecule has 240 valence electrons. The van der Waals surface area contributed by atoms with Crippen LogP contribution in [0, 0.1) is 50.7 Å². The fraction of sp³-hybridized carbons (Fsp3) is 1.00. The van der Waals surface area contributed by atoms with Crippen molar-refractivity contribution in [2.45, 2.75) is 142 Å². The number of likely N-dealkylation sites (N-methyl/N-ethyl adjacent to an activating group) is 1. The van der Waals surface area contributed by atoms with Crippen molar-refractivity contribution in [2.75, 3.05) is 26.7 Å². The van der Waals surface area contributed by atoms with Crippen LogP contribution in [0.2, 0.25) is 0 Å². The molecular weight excluding hydrogens is 530 g/mol. The zero-order valence-corrected chi connectivity index (χ0v) is 27.6. The molecule has 0 aromatic carbocycles. The molecule has 5 aliphatic carbocycles. The predicted molar refractivity (Wildman–Crippen MR) is 161 cm³/mol. The van der Waals surface area contributed by atoms with Crippen molar-refractivity contribution in [1.29, 1.82) is 0 Å². The summed E-state index contributed by atoms with van der Waals surface area (Å²) in [7, 11) is 2.15. The van der Waals surface area contributed by atoms with E-state index >= 15 is 0 Å². The van der Waals surface area contributed by atoms with E-state index in [1.54, 1.807) is 13.8 Å². The van der Waals surface area contributed by atoms with Crippen LogP contribution in [0.1, 0.15) is 99.8 Å². The van der Waals surface area contributed by atoms with E-state index in [1.807, 2.05) is 0 Å². The minimum atomic E-state index is -1.24. The monoisotopic (exact) mass is 589 g/mol. The average Bonchev–Trinajstić information content (AvgIpc) is 3.54. The first-order chi connectivity index (χ1) is 19.5. The molecule has 42 heavy (non-hydrogen) atoms. The summed E-state index contributed by atoms with van der Waals surface area (Å²) in [5.74, 6) is 1.70. The number of nitrogens with zero attached hydrogens (tertiary/aromatic N) is 1. The van der Waals surface area contributed by atoms with Crippen molar-refractivity contribution in [1.82, 2.24) is 4.90 Å². The number of aliphatic hydroxyl groups is 3. The van der Waals surface area contributed by atoms with Gasteiger partial charge < -0.3 is 29.5 Å². The van der Waals surface area contributed by atoms with Crippen molar-refractivity contribution >= 4 is 0 Å². The fourth-order valence-electron chi connectivity index (χ4n) is 13.2. The Morgan fingerprint density at radius 2 is 1.69 bits per heavy atom. The van der Waals surface area contributed by atoms with E-state index in [4.69, 9.17) is 14.2 Å². The van der Waals surface area contributed by atoms with E-state index in [0.29, 0.717) is 28.6 Å². The number of rotatable bonds is 4. The maximum atomic E-state index is 12.4. The summed E-state index contributed by atoms with van der Waals surface area (Å²) < 4.78 is 19.5. The molecule has 2 spiro atoms. The largest absolute Gasteiger partial charge is 0.390 e. The molecule has 2 aliphatic heterocycles. The quantitative estimate of drug-likeness (QED) is 0.441. The second-order valence-corrected chi connectivity index (χ2v) is 17.8. The third kappa shape index (κ3) is 3.77. The summed E-state index contributed by atoms with van der Waals surface area (Å²) in [4.78, 5) is 2.31. The summed E-state index contributed by atoms with van der Waals surface area (Å²) in [5, 5.41) is 34.0. The maximum Gasteiger partial charge on any atom is 0.170 e. The van der Waals surface area contributed by atoms with Crippen molar-refractivity contribution in [3.63, 3.8) is 0 Å². The lowest BCUT2D eigenvalue weighted by molar-refractivity contribution is -0.247. The number of ether oxygens (including phenoxy) is 3. The second kappa shape index (κ2) is 9.39. The molecule has 7 aliphatic rings. The first kappa shape index (κ1) is 30.4. The van der Waals surface area contributed by atoms with Gasteiger partial charge in [0.1, 0.15) is 6.10 Å². The van der Waals surface area contributed by atoms with Gasteiger partial charge in [0.15, 0.2) is 6.29 Å². The van der Waals surface area contributed by atoms with E-state index in [-0.39, 0.29) is 40.7 Å². The van der Waals surface area contributed by atoms with E-state index in [1.165, 1.54) is 25.7 Å². The van der Waals surface area contributed by atoms with Gasteiger partial charge in [-0.25, -0.2) is 0 Å². The Morgan fingerprint density at radius 1 is 1.00 bits per heavy atom. The summed E-state index contributed by atoms with van der Waals surface area (Å²) in [5.41, 5.74) is -0.721. The van der Waals surface area contributed by atoms with Gasteiger partial charge in [-0.2, -0.15) is 0 Å². The average molecular weight is 590 g/mol. The molecule has 7 rings (SSSR count). The number of fused-ring (bicyclic) bond motifs is 4. The molecular formula is C35H59NO6. The number of aliphatic hydroxyl groups excluding tert-OH is 2. The van der Waals surface area contributed by atoms with Crippen LogP contribution in [-0.2, 0) is 14.2 Å². The second-order valence-electron chi connectivity index (χ2n) is 17.8. The zero-order valence-electron chi connectivity index (χ0n) is 27.6. The van der Waals surface area contributed by atoms with Crippen molar-refractivity contribution in [3.8, 4) is 0 Å². The van der Waals surface area contributed by atoms with Crippen LogP contribution in [0.15, 0.2) is 0 Å². The Labute approximate surface area is 254 Å². The normalized spacial score (nSPS) is 55.9. The summed E-state index contributed by atoms with van der Waals surface area (Å²) >= 11 is 0. The molecule has 0 aromatic rings. The molecule has 0 amide bonds. The van der Waals surface area contributed by atoms with E-state index < -0.39 is 23.9 Å². The zero-order chi connectivity index (χ0) is 30.3. The van der Waals surface area contributed by atoms with Gasteiger partial charge in [-0.1, -0.05) is 34.6 Å². The van der Waals surface area contributed by atoms with Gasteiger partial charge in [-0.3, -0.25) is 4.90 Å². The smallest absolute Gasteiger partial charge is 0.170 e. The van der Waals surface area contributed by atoms with Crippen molar-refractivity contribution < 1.29 is 29.5 Å². The highest BCUT2D eigenvalue weighted by atomic mass is 16.7. The lowest BCUT2D eigenvalue weighted by atomic mass is 9.41. The molecule has 7 heteroatoms. The fourth-order valence-corrected chi connectivity index (χ4v) is 13.2. The van der Waals surface area contributed by atoms with Gasteiger partial charge in [0, 0.05) is 18.5 Å². The highest BCUT2D eigenvalue weighted by Crippen LogP contribution is 2.89. The molecule has 7 fully saturated rings. The van der Waals surface area contributed by atoms with Gasteiger partial charge >= 0.3 is 0 Å². The number of morpholine rings is 1. The number of hydrogen-bond acceptors (Lipinski definition) is 7. The molecule has 0 bridgehead atoms. The van der Waals surface area contributed by atoms with Gasteiger partial charge in [-0.15, -0.1) is 0 Å². The van der Waals surface area contributed by atoms with Crippen LogP contribution in [0.4, 0.5) is 0 Å². The first-order valence-electron chi connectivity index (χ1n) is 17.2. The SMILES string of the molecule is CC1CC(C(O)C(C)(C)O)OC2C1C1(C)CCC34CC35CCC(OC3CN(C)CCO3)C(C)(C)C5CCC4C1(C)C2O. The Kier molecular flexibility index (Phi) is 6.79. The Hall–Kier alpha value is -0.280. The van der Waals surface area contributed by atoms with Crippen molar-refractivity contribution in [2.24, 2.45) is 50.7 Å². The Balaban J connectivity index is 1.15. The van der Waals surface area contributed by atoms with Crippen LogP contribution in [0.3, 0.4) is 0 Å². The summed E-state index contributed by atoms with van der Waals surface area (Å²) in [6.07, 6.45) is 6.95. The minimum Gasteiger partial charge on any atom is -0.390 e. The van der Waals surface area contributed by atoms with Gasteiger partial charge in [-0.05, 0) is 118 Å². The van der Waals surface area contributed by atoms with Crippen LogP contribution in [-0.4, -0.2) is 89.4 Å². The maximum absolute atomic E-state index is 12.4. The minimum absolute atomic E-state index is 0.00608. The topological polar surface area (TPSA) is 91.6 Å². The lowest BCUT2D eigenvalue weighted by Crippen LogP contribution is -2.60. The summed E-state index contributed by atoms with van der Waals surface area (Å²) in [6.45, 7) is 18.0. The summed E-state index contributed by atoms with van der Waals surface area (Å²) in [6, 6.07) is 0. The third-order valence-corrected chi connectivity index (χ3v) is 15.4. The van der Waals surface area contributed by atoms with Gasteiger partial charge in [0.25, 0.3) is 0 Å². The standard InChI is InChI=1S/C35H59NO6/c1-20-17-21(28(37)31(4,5)39)41-27-26(20)32(6)13-14-35-19-34(35)12-11-24(42-25-18-36(8)15-16-40-25)30(2,3)22(34)9-10-23(35)33(32,7)29(27)38/h20-29,37-39H,9-19H2,1-8H3. The van der Waals surface area contributed by atoms with Crippen LogP contribution >= 0.6 is 0 Å². The van der Waals surface area contributed by atoms with Crippen LogP contribution in [0.25, 0.3) is 0 Å². The highest BCUT2D eigenvalue weighted by molar-refractivity contribution is 5.33. The molecule has 0 aromatic heterocycles. The van der Waals surface area contributed by atoms with Gasteiger partial charge in [0.2, 0.25) is 0 Å². The predicted octanol–water partition coefficient (Wildman–Crippen LogP) is 4.60. The van der Waals surface area contributed by atoms with Crippen LogP contribution in [0.5, 0.6) is 0 Å².